The molecule has 0 atom stereocenters. The second kappa shape index (κ2) is 9.23. The highest BCUT2D eigenvalue weighted by Crippen LogP contribution is 2.38. The predicted molar refractivity (Wildman–Crippen MR) is 134 cm³/mol. The van der Waals surface area contributed by atoms with Crippen LogP contribution in [-0.4, -0.2) is 49.4 Å². The van der Waals surface area contributed by atoms with Gasteiger partial charge in [-0.1, -0.05) is 41.1 Å². The van der Waals surface area contributed by atoms with Gasteiger partial charge in [0.15, 0.2) is 5.82 Å². The molecule has 2 aliphatic heterocycles. The van der Waals surface area contributed by atoms with Gasteiger partial charge >= 0.3 is 0 Å². The summed E-state index contributed by atoms with van der Waals surface area (Å²) >= 11 is 7.88. The molecule has 2 aromatic heterocycles. The van der Waals surface area contributed by atoms with Crippen molar-refractivity contribution >= 4 is 40.8 Å². The summed E-state index contributed by atoms with van der Waals surface area (Å²) in [5.74, 6) is 3.96. The smallest absolute Gasteiger partial charge is 0.227 e. The first-order chi connectivity index (χ1) is 16.7. The average Bonchev–Trinajstić information content (AvgIpc) is 3.34. The molecule has 0 aliphatic carbocycles. The van der Waals surface area contributed by atoms with Crippen LogP contribution in [0.2, 0.25) is 5.02 Å². The van der Waals surface area contributed by atoms with E-state index in [2.05, 4.69) is 67.2 Å². The van der Waals surface area contributed by atoms with Crippen LogP contribution in [0.15, 0.2) is 53.4 Å². The number of thioether (sulfide) groups is 1. The fourth-order valence-electron chi connectivity index (χ4n) is 4.32. The van der Waals surface area contributed by atoms with Crippen LogP contribution in [0.5, 0.6) is 0 Å². The largest absolute Gasteiger partial charge is 0.339 e. The molecule has 0 radical (unpaired) electrons. The quantitative estimate of drug-likeness (QED) is 0.404. The highest BCUT2D eigenvalue weighted by atomic mass is 35.5. The minimum absolute atomic E-state index is 0.481. The molecule has 2 aromatic carbocycles. The number of nitrogens with one attached hydrogen (secondary N) is 2. The summed E-state index contributed by atoms with van der Waals surface area (Å²) in [6, 6.07) is 16.4. The number of H-pyrrole nitrogens is 1. The van der Waals surface area contributed by atoms with Gasteiger partial charge in [0.05, 0.1) is 10.6 Å². The molecule has 10 heteroatoms. The number of hydrogen-bond acceptors (Lipinski definition) is 8. The second-order valence-corrected chi connectivity index (χ2v) is 10.1. The van der Waals surface area contributed by atoms with Crippen molar-refractivity contribution in [3.63, 3.8) is 0 Å². The molecular weight excluding hydrogens is 468 g/mol. The molecular formula is C24H23ClN8S. The number of tetrazole rings is 1. The van der Waals surface area contributed by atoms with Crippen LogP contribution in [0.3, 0.4) is 0 Å². The van der Waals surface area contributed by atoms with E-state index in [9.17, 15) is 0 Å². The van der Waals surface area contributed by atoms with Gasteiger partial charge in [0.25, 0.3) is 0 Å². The Kier molecular flexibility index (Phi) is 5.80. The van der Waals surface area contributed by atoms with Gasteiger partial charge in [0.2, 0.25) is 5.95 Å². The van der Waals surface area contributed by atoms with E-state index in [4.69, 9.17) is 21.6 Å². The summed E-state index contributed by atoms with van der Waals surface area (Å²) in [5, 5.41) is 18.5. The first kappa shape index (κ1) is 21.4. The van der Waals surface area contributed by atoms with Crippen LogP contribution in [-0.2, 0) is 12.8 Å². The van der Waals surface area contributed by atoms with E-state index in [1.165, 1.54) is 10.5 Å². The van der Waals surface area contributed by atoms with Crippen molar-refractivity contribution in [3.8, 4) is 0 Å². The van der Waals surface area contributed by atoms with E-state index >= 15 is 0 Å². The number of nitrogens with zero attached hydrogens (tertiary/aromatic N) is 6. The normalized spacial score (nSPS) is 15.6. The lowest BCUT2D eigenvalue weighted by molar-refractivity contribution is 0.512. The van der Waals surface area contributed by atoms with Gasteiger partial charge in [-0.2, -0.15) is 10.2 Å². The first-order valence-electron chi connectivity index (χ1n) is 11.3. The minimum atomic E-state index is 0.481. The van der Waals surface area contributed by atoms with Crippen LogP contribution >= 0.6 is 23.4 Å². The van der Waals surface area contributed by atoms with Crippen LogP contribution in [0.1, 0.15) is 35.0 Å². The van der Waals surface area contributed by atoms with Gasteiger partial charge in [-0.15, -0.1) is 22.0 Å². The number of anilines is 3. The molecule has 2 aliphatic rings. The molecule has 1 fully saturated rings. The summed E-state index contributed by atoms with van der Waals surface area (Å²) in [6.45, 7) is 1.83. The third-order valence-electron chi connectivity index (χ3n) is 6.20. The Morgan fingerprint density at radius 2 is 1.88 bits per heavy atom. The number of rotatable bonds is 6. The first-order valence-corrected chi connectivity index (χ1v) is 12.7. The molecule has 34 heavy (non-hydrogen) atoms. The van der Waals surface area contributed by atoms with Crippen LogP contribution in [0, 0.1) is 0 Å². The van der Waals surface area contributed by atoms with E-state index in [0.717, 1.165) is 65.4 Å². The van der Waals surface area contributed by atoms with Gasteiger partial charge in [-0.3, -0.25) is 0 Å². The Labute approximate surface area is 206 Å². The monoisotopic (exact) mass is 490 g/mol. The Morgan fingerprint density at radius 1 is 1.06 bits per heavy atom. The zero-order chi connectivity index (χ0) is 22.9. The predicted octanol–water partition coefficient (Wildman–Crippen LogP) is 4.62. The zero-order valence-corrected chi connectivity index (χ0v) is 20.0. The van der Waals surface area contributed by atoms with Crippen molar-refractivity contribution in [2.45, 2.75) is 30.1 Å². The lowest BCUT2D eigenvalue weighted by atomic mass is 9.92. The Balaban J connectivity index is 1.20. The Morgan fingerprint density at radius 3 is 2.65 bits per heavy atom. The molecule has 0 unspecified atom stereocenters. The van der Waals surface area contributed by atoms with E-state index < -0.39 is 0 Å². The molecule has 0 amide bonds. The molecule has 0 saturated carbocycles. The second-order valence-electron chi connectivity index (χ2n) is 8.58. The van der Waals surface area contributed by atoms with Crippen molar-refractivity contribution in [3.05, 3.63) is 76.2 Å². The zero-order valence-electron chi connectivity index (χ0n) is 18.4. The molecule has 2 N–H and O–H groups in total. The van der Waals surface area contributed by atoms with Gasteiger partial charge in [0, 0.05) is 36.1 Å². The summed E-state index contributed by atoms with van der Waals surface area (Å²) < 4.78 is 0. The number of aryl methyl sites for hydroxylation is 1. The average molecular weight is 491 g/mol. The third-order valence-corrected chi connectivity index (χ3v) is 7.66. The van der Waals surface area contributed by atoms with Crippen molar-refractivity contribution in [2.24, 2.45) is 0 Å². The highest BCUT2D eigenvalue weighted by molar-refractivity contribution is 7.99. The Hall–Kier alpha value is -3.17. The molecule has 1 saturated heterocycles. The fourth-order valence-corrected chi connectivity index (χ4v) is 5.48. The van der Waals surface area contributed by atoms with Crippen LogP contribution in [0.25, 0.3) is 0 Å². The number of benzene rings is 2. The maximum absolute atomic E-state index is 6.04. The molecule has 4 heterocycles. The molecule has 6 rings (SSSR count). The number of hydrogen-bond donors (Lipinski definition) is 2. The molecule has 0 spiro atoms. The van der Waals surface area contributed by atoms with Crippen molar-refractivity contribution in [1.29, 1.82) is 0 Å². The number of fused-ring (bicyclic) bond motifs is 1. The topological polar surface area (TPSA) is 95.5 Å². The number of aromatic nitrogens is 6. The Bertz CT molecular complexity index is 1270. The van der Waals surface area contributed by atoms with Gasteiger partial charge < -0.3 is 10.2 Å². The van der Waals surface area contributed by atoms with Crippen LogP contribution in [0.4, 0.5) is 17.5 Å². The maximum atomic E-state index is 6.04. The maximum Gasteiger partial charge on any atom is 0.227 e. The van der Waals surface area contributed by atoms with Gasteiger partial charge in [0.1, 0.15) is 5.82 Å². The van der Waals surface area contributed by atoms with Crippen molar-refractivity contribution < 1.29 is 0 Å². The molecule has 4 aromatic rings. The van der Waals surface area contributed by atoms with E-state index in [1.807, 2.05) is 23.9 Å². The summed E-state index contributed by atoms with van der Waals surface area (Å²) in [4.78, 5) is 13.3. The fraction of sp³-hybridized carbons (Fsp3) is 0.292. The standard InChI is InChI=1S/C24H23ClN8S/c25-18-7-5-16(6-8-18)17-13-33(14-17)24-27-20-2-1-11-34-22(20)23(28-24)26-19-9-3-15(4-10-19)12-21-29-31-32-30-21/h3-10,17H,1-2,11-14H2,(H,26,27,28)(H,29,30,31,32). The van der Waals surface area contributed by atoms with E-state index in [-0.39, 0.29) is 0 Å². The molecule has 0 bridgehead atoms. The number of halogens is 1. The van der Waals surface area contributed by atoms with Gasteiger partial charge in [-0.25, -0.2) is 4.98 Å². The minimum Gasteiger partial charge on any atom is -0.339 e. The van der Waals surface area contributed by atoms with Crippen molar-refractivity contribution in [2.75, 3.05) is 29.1 Å². The van der Waals surface area contributed by atoms with Crippen molar-refractivity contribution in [1.82, 2.24) is 30.6 Å². The summed E-state index contributed by atoms with van der Waals surface area (Å²) in [6.07, 6.45) is 2.78. The summed E-state index contributed by atoms with van der Waals surface area (Å²) in [5.41, 5.74) is 4.58. The lowest BCUT2D eigenvalue weighted by Gasteiger charge is -2.40. The third kappa shape index (κ3) is 4.45. The van der Waals surface area contributed by atoms with E-state index in [0.29, 0.717) is 18.2 Å². The number of aromatic amines is 1. The SMILES string of the molecule is Clc1ccc(C2CN(c3nc4c(c(Nc5ccc(Cc6nn[nH]n6)cc5)n3)SCCC4)C2)cc1. The summed E-state index contributed by atoms with van der Waals surface area (Å²) in [7, 11) is 0. The van der Waals surface area contributed by atoms with Gasteiger partial charge in [-0.05, 0) is 54.0 Å². The molecule has 8 nitrogen and oxygen atoms in total. The lowest BCUT2D eigenvalue weighted by Crippen LogP contribution is -2.46. The molecule has 172 valence electrons. The van der Waals surface area contributed by atoms with Crippen LogP contribution < -0.4 is 10.2 Å². The highest BCUT2D eigenvalue weighted by Gasteiger charge is 2.31. The van der Waals surface area contributed by atoms with E-state index in [1.54, 1.807) is 0 Å².